The van der Waals surface area contributed by atoms with Gasteiger partial charge >= 0.3 is 5.97 Å². The van der Waals surface area contributed by atoms with E-state index in [-0.39, 0.29) is 29.0 Å². The minimum atomic E-state index is -0.495. The molecule has 5 aromatic rings. The number of amides is 1. The van der Waals surface area contributed by atoms with Gasteiger partial charge in [0.1, 0.15) is 23.8 Å². The highest BCUT2D eigenvalue weighted by Gasteiger charge is 2.25. The Morgan fingerprint density at radius 3 is 2.26 bits per heavy atom. The number of carbonyl (C=O) groups is 2. The first-order valence-corrected chi connectivity index (χ1v) is 15.7. The molecule has 4 aromatic carbocycles. The van der Waals surface area contributed by atoms with Crippen molar-refractivity contribution in [1.29, 1.82) is 0 Å². The first kappa shape index (κ1) is 33.1. The van der Waals surface area contributed by atoms with Crippen molar-refractivity contribution >= 4 is 52.4 Å². The van der Waals surface area contributed by atoms with Crippen molar-refractivity contribution in [2.24, 2.45) is 0 Å². The lowest BCUT2D eigenvalue weighted by Crippen LogP contribution is -2.33. The highest BCUT2D eigenvalue weighted by Crippen LogP contribution is 2.39. The van der Waals surface area contributed by atoms with Gasteiger partial charge in [-0.3, -0.25) is 4.79 Å². The standard InChI is InChI=1S/C36H31Cl3N2O5/c1-22(2)34-28(33(40-46-34)32-29(37)13-8-14-30(32)38)21-45-26-15-16-27(31(39)20-26)35(42)41(18-17-23-9-5-4-6-10-23)25-12-7-11-24(19-25)36(43)44-3/h4-16,19-20,22H,17-18,21H2,1-3H3. The number of halogens is 3. The van der Waals surface area contributed by atoms with Crippen molar-refractivity contribution in [2.45, 2.75) is 32.8 Å². The van der Waals surface area contributed by atoms with Crippen LogP contribution in [0.3, 0.4) is 0 Å². The van der Waals surface area contributed by atoms with Crippen molar-refractivity contribution < 1.29 is 23.6 Å². The largest absolute Gasteiger partial charge is 0.489 e. The normalized spacial score (nSPS) is 11.0. The molecule has 0 saturated heterocycles. The molecule has 5 rings (SSSR count). The highest BCUT2D eigenvalue weighted by atomic mass is 35.5. The zero-order valence-electron chi connectivity index (χ0n) is 25.4. The molecule has 0 spiro atoms. The van der Waals surface area contributed by atoms with Gasteiger partial charge in [0.25, 0.3) is 5.91 Å². The molecule has 1 heterocycles. The lowest BCUT2D eigenvalue weighted by atomic mass is 10.0. The number of carbonyl (C=O) groups excluding carboxylic acids is 2. The van der Waals surface area contributed by atoms with E-state index in [4.69, 9.17) is 48.8 Å². The van der Waals surface area contributed by atoms with Crippen LogP contribution in [0.25, 0.3) is 11.3 Å². The lowest BCUT2D eigenvalue weighted by Gasteiger charge is -2.24. The summed E-state index contributed by atoms with van der Waals surface area (Å²) in [5, 5.41) is 5.37. The van der Waals surface area contributed by atoms with Crippen molar-refractivity contribution in [3.05, 3.63) is 134 Å². The minimum absolute atomic E-state index is 0.0178. The molecule has 0 atom stereocenters. The molecular weight excluding hydrogens is 647 g/mol. The number of hydrogen-bond acceptors (Lipinski definition) is 6. The second-order valence-corrected chi connectivity index (χ2v) is 12.0. The number of ether oxygens (including phenoxy) is 2. The van der Waals surface area contributed by atoms with Gasteiger partial charge in [0.05, 0.1) is 38.9 Å². The van der Waals surface area contributed by atoms with Gasteiger partial charge in [-0.05, 0) is 60.5 Å². The Morgan fingerprint density at radius 2 is 1.59 bits per heavy atom. The summed E-state index contributed by atoms with van der Waals surface area (Å²) in [5.74, 6) is 0.282. The van der Waals surface area contributed by atoms with E-state index in [0.29, 0.717) is 62.6 Å². The number of benzene rings is 4. The molecule has 0 aliphatic rings. The number of methoxy groups -OCH3 is 1. The fourth-order valence-electron chi connectivity index (χ4n) is 5.05. The van der Waals surface area contributed by atoms with Crippen LogP contribution in [0.1, 0.15) is 57.4 Å². The van der Waals surface area contributed by atoms with Gasteiger partial charge in [-0.2, -0.15) is 0 Å². The van der Waals surface area contributed by atoms with Crippen LogP contribution < -0.4 is 9.64 Å². The predicted molar refractivity (Wildman–Crippen MR) is 181 cm³/mol. The maximum atomic E-state index is 14.0. The first-order chi connectivity index (χ1) is 22.2. The third-order valence-electron chi connectivity index (χ3n) is 7.39. The second kappa shape index (κ2) is 14.9. The molecule has 7 nitrogen and oxygen atoms in total. The average Bonchev–Trinajstić information content (AvgIpc) is 3.47. The summed E-state index contributed by atoms with van der Waals surface area (Å²) in [7, 11) is 1.32. The molecule has 10 heteroatoms. The third-order valence-corrected chi connectivity index (χ3v) is 8.33. The second-order valence-electron chi connectivity index (χ2n) is 10.8. The van der Waals surface area contributed by atoms with Gasteiger partial charge < -0.3 is 18.9 Å². The van der Waals surface area contributed by atoms with Gasteiger partial charge in [0, 0.05) is 23.7 Å². The predicted octanol–water partition coefficient (Wildman–Crippen LogP) is 9.68. The molecule has 0 fully saturated rings. The number of aromatic nitrogens is 1. The van der Waals surface area contributed by atoms with Crippen LogP contribution in [0, 0.1) is 0 Å². The lowest BCUT2D eigenvalue weighted by molar-refractivity contribution is 0.0600. The molecule has 0 N–H and O–H groups in total. The average molecular weight is 678 g/mol. The molecule has 0 radical (unpaired) electrons. The van der Waals surface area contributed by atoms with E-state index in [9.17, 15) is 9.59 Å². The number of nitrogens with zero attached hydrogens (tertiary/aromatic N) is 2. The Hall–Kier alpha value is -4.30. The molecule has 236 valence electrons. The van der Waals surface area contributed by atoms with E-state index < -0.39 is 5.97 Å². The van der Waals surface area contributed by atoms with Crippen molar-refractivity contribution in [3.63, 3.8) is 0 Å². The number of hydrogen-bond donors (Lipinski definition) is 0. The van der Waals surface area contributed by atoms with Gasteiger partial charge in [-0.15, -0.1) is 0 Å². The summed E-state index contributed by atoms with van der Waals surface area (Å²) in [4.78, 5) is 27.9. The Bertz CT molecular complexity index is 1840. The van der Waals surface area contributed by atoms with Gasteiger partial charge in [-0.25, -0.2) is 4.79 Å². The molecule has 0 unspecified atom stereocenters. The van der Waals surface area contributed by atoms with Crippen LogP contribution in [0.4, 0.5) is 5.69 Å². The van der Waals surface area contributed by atoms with Crippen LogP contribution in [-0.4, -0.2) is 30.7 Å². The van der Waals surface area contributed by atoms with Crippen LogP contribution in [0.2, 0.25) is 15.1 Å². The molecule has 46 heavy (non-hydrogen) atoms. The zero-order valence-corrected chi connectivity index (χ0v) is 27.7. The summed E-state index contributed by atoms with van der Waals surface area (Å²) < 4.78 is 16.7. The summed E-state index contributed by atoms with van der Waals surface area (Å²) in [6.07, 6.45) is 0.586. The van der Waals surface area contributed by atoms with E-state index in [2.05, 4.69) is 5.16 Å². The molecule has 1 aromatic heterocycles. The molecular formula is C36H31Cl3N2O5. The highest BCUT2D eigenvalue weighted by molar-refractivity contribution is 6.39. The third kappa shape index (κ3) is 7.39. The summed E-state index contributed by atoms with van der Waals surface area (Å²) in [6, 6.07) is 26.7. The number of anilines is 1. The quantitative estimate of drug-likeness (QED) is 0.130. The Kier molecular flexibility index (Phi) is 10.7. The van der Waals surface area contributed by atoms with Crippen molar-refractivity contribution in [2.75, 3.05) is 18.6 Å². The fourth-order valence-corrected chi connectivity index (χ4v) is 5.88. The van der Waals surface area contributed by atoms with Crippen LogP contribution in [0.5, 0.6) is 5.75 Å². The Balaban J connectivity index is 1.41. The van der Waals surface area contributed by atoms with Crippen molar-refractivity contribution in [1.82, 2.24) is 5.16 Å². The maximum Gasteiger partial charge on any atom is 0.337 e. The Morgan fingerprint density at radius 1 is 0.870 bits per heavy atom. The van der Waals surface area contributed by atoms with Crippen LogP contribution in [-0.2, 0) is 17.8 Å². The Labute approximate surface area is 282 Å². The molecule has 0 aliphatic heterocycles. The molecule has 1 amide bonds. The van der Waals surface area contributed by atoms with E-state index in [1.807, 2.05) is 44.2 Å². The maximum absolute atomic E-state index is 14.0. The summed E-state index contributed by atoms with van der Waals surface area (Å²) in [5.41, 5.74) is 3.98. The van der Waals surface area contributed by atoms with Gasteiger partial charge in [0.15, 0.2) is 0 Å². The number of esters is 1. The monoisotopic (exact) mass is 676 g/mol. The van der Waals surface area contributed by atoms with E-state index >= 15 is 0 Å². The number of rotatable bonds is 11. The summed E-state index contributed by atoms with van der Waals surface area (Å²) >= 11 is 19.7. The van der Waals surface area contributed by atoms with E-state index in [1.54, 1.807) is 65.6 Å². The topological polar surface area (TPSA) is 81.9 Å². The molecule has 0 aliphatic carbocycles. The van der Waals surface area contributed by atoms with Gasteiger partial charge in [-0.1, -0.05) is 96.3 Å². The van der Waals surface area contributed by atoms with E-state index in [1.165, 1.54) is 7.11 Å². The van der Waals surface area contributed by atoms with E-state index in [0.717, 1.165) is 5.56 Å². The zero-order chi connectivity index (χ0) is 32.8. The van der Waals surface area contributed by atoms with Crippen LogP contribution >= 0.6 is 34.8 Å². The van der Waals surface area contributed by atoms with Crippen LogP contribution in [0.15, 0.2) is 95.5 Å². The van der Waals surface area contributed by atoms with Crippen molar-refractivity contribution in [3.8, 4) is 17.0 Å². The minimum Gasteiger partial charge on any atom is -0.489 e. The smallest absolute Gasteiger partial charge is 0.337 e. The molecule has 0 bridgehead atoms. The fraction of sp³-hybridized carbons (Fsp3) is 0.194. The first-order valence-electron chi connectivity index (χ1n) is 14.6. The molecule has 0 saturated carbocycles. The SMILES string of the molecule is COC(=O)c1cccc(N(CCc2ccccc2)C(=O)c2ccc(OCc3c(-c4c(Cl)cccc4Cl)noc3C(C)C)cc2Cl)c1. The summed E-state index contributed by atoms with van der Waals surface area (Å²) in [6.45, 7) is 4.43. The van der Waals surface area contributed by atoms with Gasteiger partial charge in [0.2, 0.25) is 0 Å².